The van der Waals surface area contributed by atoms with Crippen molar-refractivity contribution < 1.29 is 13.9 Å². The molecule has 1 aromatic heterocycles. The van der Waals surface area contributed by atoms with Crippen LogP contribution in [0.25, 0.3) is 11.3 Å². The van der Waals surface area contributed by atoms with Crippen LogP contribution in [-0.2, 0) is 11.3 Å². The van der Waals surface area contributed by atoms with Crippen LogP contribution in [0, 0.1) is 5.82 Å². The van der Waals surface area contributed by atoms with E-state index >= 15 is 0 Å². The number of aromatic nitrogens is 2. The summed E-state index contributed by atoms with van der Waals surface area (Å²) in [5.41, 5.74) is 6.77. The van der Waals surface area contributed by atoms with E-state index in [0.29, 0.717) is 28.4 Å². The van der Waals surface area contributed by atoms with Crippen molar-refractivity contribution in [2.45, 2.75) is 6.61 Å². The molecule has 0 aliphatic heterocycles. The van der Waals surface area contributed by atoms with E-state index in [1.165, 1.54) is 14.2 Å². The highest BCUT2D eigenvalue weighted by atomic mass is 19.1. The summed E-state index contributed by atoms with van der Waals surface area (Å²) in [5.74, 6) is 0.360. The van der Waals surface area contributed by atoms with Crippen LogP contribution in [0.2, 0.25) is 0 Å². The number of aromatic amines is 1. The van der Waals surface area contributed by atoms with Crippen LogP contribution in [0.15, 0.2) is 18.2 Å². The van der Waals surface area contributed by atoms with Crippen molar-refractivity contribution in [1.82, 2.24) is 10.2 Å². The molecule has 6 heteroatoms. The van der Waals surface area contributed by atoms with E-state index in [0.717, 1.165) is 0 Å². The van der Waals surface area contributed by atoms with Gasteiger partial charge in [0.15, 0.2) is 0 Å². The minimum Gasteiger partial charge on any atom is -0.496 e. The summed E-state index contributed by atoms with van der Waals surface area (Å²) in [7, 11) is 2.99. The lowest BCUT2D eigenvalue weighted by atomic mass is 10.1. The van der Waals surface area contributed by atoms with E-state index in [1.807, 2.05) is 0 Å². The van der Waals surface area contributed by atoms with Crippen molar-refractivity contribution in [3.05, 3.63) is 29.6 Å². The fraction of sp³-hybridized carbons (Fsp3) is 0.250. The summed E-state index contributed by atoms with van der Waals surface area (Å²) in [6, 6.07) is 4.87. The summed E-state index contributed by atoms with van der Waals surface area (Å²) >= 11 is 0. The van der Waals surface area contributed by atoms with Gasteiger partial charge in [-0.05, 0) is 12.1 Å². The number of anilines is 1. The standard InChI is InChI=1S/C12H14FN3O2/c1-17-6-8-10(18-2)4-3-7(12(8)13)9-5-11(14)16-15-9/h3-5H,6H2,1-2H3,(H3,14,15,16). The zero-order valence-corrected chi connectivity index (χ0v) is 10.2. The van der Waals surface area contributed by atoms with E-state index in [-0.39, 0.29) is 6.61 Å². The summed E-state index contributed by atoms with van der Waals surface area (Å²) in [5, 5.41) is 6.45. The molecule has 0 fully saturated rings. The van der Waals surface area contributed by atoms with E-state index in [9.17, 15) is 4.39 Å². The Morgan fingerprint density at radius 1 is 1.39 bits per heavy atom. The number of benzene rings is 1. The van der Waals surface area contributed by atoms with Gasteiger partial charge in [0.25, 0.3) is 0 Å². The molecule has 18 heavy (non-hydrogen) atoms. The zero-order valence-electron chi connectivity index (χ0n) is 10.2. The Labute approximate surface area is 104 Å². The molecule has 0 atom stereocenters. The molecule has 0 saturated carbocycles. The molecule has 2 aromatic rings. The molecule has 2 rings (SSSR count). The molecule has 5 nitrogen and oxygen atoms in total. The van der Waals surface area contributed by atoms with Crippen LogP contribution in [-0.4, -0.2) is 24.4 Å². The Morgan fingerprint density at radius 3 is 2.72 bits per heavy atom. The van der Waals surface area contributed by atoms with Crippen molar-refractivity contribution in [2.24, 2.45) is 0 Å². The first-order valence-electron chi connectivity index (χ1n) is 5.33. The van der Waals surface area contributed by atoms with Gasteiger partial charge in [0.05, 0.1) is 25.0 Å². The Kier molecular flexibility index (Phi) is 3.47. The number of nitrogens with two attached hydrogens (primary N) is 1. The average Bonchev–Trinajstić information content (AvgIpc) is 2.78. The number of H-pyrrole nitrogens is 1. The molecule has 1 heterocycles. The molecule has 0 bridgehead atoms. The van der Waals surface area contributed by atoms with Crippen LogP contribution < -0.4 is 10.5 Å². The third-order valence-corrected chi connectivity index (χ3v) is 2.60. The van der Waals surface area contributed by atoms with Crippen LogP contribution in [0.1, 0.15) is 5.56 Å². The molecule has 0 unspecified atom stereocenters. The van der Waals surface area contributed by atoms with Crippen molar-refractivity contribution in [3.8, 4) is 17.0 Å². The molecular formula is C12H14FN3O2. The third-order valence-electron chi connectivity index (χ3n) is 2.60. The van der Waals surface area contributed by atoms with Gasteiger partial charge in [-0.3, -0.25) is 5.10 Å². The van der Waals surface area contributed by atoms with Gasteiger partial charge in [0, 0.05) is 18.7 Å². The average molecular weight is 251 g/mol. The SMILES string of the molecule is COCc1c(OC)ccc(-c2cc(N)n[nH]2)c1F. The van der Waals surface area contributed by atoms with Gasteiger partial charge in [-0.2, -0.15) is 5.10 Å². The number of hydrogen-bond donors (Lipinski definition) is 2. The molecule has 0 aliphatic rings. The van der Waals surface area contributed by atoms with E-state index < -0.39 is 5.82 Å². The molecule has 0 aliphatic carbocycles. The number of rotatable bonds is 4. The number of halogens is 1. The fourth-order valence-corrected chi connectivity index (χ4v) is 1.76. The second kappa shape index (κ2) is 5.05. The number of nitrogens with zero attached hydrogens (tertiary/aromatic N) is 1. The number of ether oxygens (including phenoxy) is 2. The first kappa shape index (κ1) is 12.4. The quantitative estimate of drug-likeness (QED) is 0.871. The van der Waals surface area contributed by atoms with Gasteiger partial charge in [-0.1, -0.05) is 0 Å². The lowest BCUT2D eigenvalue weighted by Gasteiger charge is -2.11. The minimum atomic E-state index is -0.403. The van der Waals surface area contributed by atoms with E-state index in [1.54, 1.807) is 18.2 Å². The fourth-order valence-electron chi connectivity index (χ4n) is 1.76. The normalized spacial score (nSPS) is 10.6. The predicted octanol–water partition coefficient (Wildman–Crippen LogP) is 1.95. The predicted molar refractivity (Wildman–Crippen MR) is 65.7 cm³/mol. The lowest BCUT2D eigenvalue weighted by molar-refractivity contribution is 0.178. The van der Waals surface area contributed by atoms with E-state index in [2.05, 4.69) is 10.2 Å². The molecule has 0 radical (unpaired) electrons. The van der Waals surface area contributed by atoms with Gasteiger partial charge < -0.3 is 15.2 Å². The highest BCUT2D eigenvalue weighted by Crippen LogP contribution is 2.30. The number of hydrogen-bond acceptors (Lipinski definition) is 4. The summed E-state index contributed by atoms with van der Waals surface area (Å²) in [6.07, 6.45) is 0. The molecule has 0 spiro atoms. The smallest absolute Gasteiger partial charge is 0.145 e. The molecule has 0 saturated heterocycles. The first-order valence-corrected chi connectivity index (χ1v) is 5.33. The molecule has 0 amide bonds. The monoisotopic (exact) mass is 251 g/mol. The Morgan fingerprint density at radius 2 is 2.17 bits per heavy atom. The maximum atomic E-state index is 14.4. The van der Waals surface area contributed by atoms with Crippen LogP contribution in [0.4, 0.5) is 10.2 Å². The minimum absolute atomic E-state index is 0.131. The summed E-state index contributed by atoms with van der Waals surface area (Å²) in [4.78, 5) is 0. The highest BCUT2D eigenvalue weighted by Gasteiger charge is 2.16. The molecular weight excluding hydrogens is 237 g/mol. The van der Waals surface area contributed by atoms with Gasteiger partial charge in [-0.15, -0.1) is 0 Å². The van der Waals surface area contributed by atoms with Crippen molar-refractivity contribution in [1.29, 1.82) is 0 Å². The summed E-state index contributed by atoms with van der Waals surface area (Å²) < 4.78 is 24.4. The lowest BCUT2D eigenvalue weighted by Crippen LogP contribution is -2.00. The number of methoxy groups -OCH3 is 2. The molecule has 3 N–H and O–H groups in total. The van der Waals surface area contributed by atoms with Crippen molar-refractivity contribution >= 4 is 5.82 Å². The van der Waals surface area contributed by atoms with E-state index in [4.69, 9.17) is 15.2 Å². The van der Waals surface area contributed by atoms with Crippen molar-refractivity contribution in [2.75, 3.05) is 20.0 Å². The Hall–Kier alpha value is -2.08. The highest BCUT2D eigenvalue weighted by molar-refractivity contribution is 5.65. The second-order valence-corrected chi connectivity index (χ2v) is 3.75. The number of nitrogens with one attached hydrogen (secondary N) is 1. The van der Waals surface area contributed by atoms with Gasteiger partial charge in [-0.25, -0.2) is 4.39 Å². The number of nitrogen functional groups attached to an aromatic ring is 1. The van der Waals surface area contributed by atoms with Crippen LogP contribution in [0.5, 0.6) is 5.75 Å². The maximum Gasteiger partial charge on any atom is 0.145 e. The zero-order chi connectivity index (χ0) is 13.1. The Balaban J connectivity index is 2.53. The Bertz CT molecular complexity index is 554. The van der Waals surface area contributed by atoms with Crippen molar-refractivity contribution in [3.63, 3.8) is 0 Å². The van der Waals surface area contributed by atoms with Gasteiger partial charge in [0.2, 0.25) is 0 Å². The second-order valence-electron chi connectivity index (χ2n) is 3.75. The van der Waals surface area contributed by atoms with Gasteiger partial charge in [0.1, 0.15) is 17.4 Å². The van der Waals surface area contributed by atoms with Gasteiger partial charge >= 0.3 is 0 Å². The largest absolute Gasteiger partial charge is 0.496 e. The molecule has 1 aromatic carbocycles. The maximum absolute atomic E-state index is 14.4. The summed E-state index contributed by atoms with van der Waals surface area (Å²) in [6.45, 7) is 0.131. The first-order chi connectivity index (χ1) is 8.67. The molecule has 96 valence electrons. The topological polar surface area (TPSA) is 73.2 Å². The van der Waals surface area contributed by atoms with Crippen LogP contribution >= 0.6 is 0 Å². The van der Waals surface area contributed by atoms with Crippen LogP contribution in [0.3, 0.4) is 0 Å². The third kappa shape index (κ3) is 2.14.